The smallest absolute Gasteiger partial charge is 0.250 e. The summed E-state index contributed by atoms with van der Waals surface area (Å²) in [7, 11) is 1.58. The largest absolute Gasteiger partial charge is 0.497 e. The van der Waals surface area contributed by atoms with Crippen molar-refractivity contribution < 1.29 is 19.1 Å². The van der Waals surface area contributed by atoms with Gasteiger partial charge in [0.15, 0.2) is 0 Å². The van der Waals surface area contributed by atoms with Crippen molar-refractivity contribution in [1.29, 1.82) is 0 Å². The summed E-state index contributed by atoms with van der Waals surface area (Å²) in [6.07, 6.45) is 3.76. The van der Waals surface area contributed by atoms with Gasteiger partial charge in [0, 0.05) is 18.3 Å². The summed E-state index contributed by atoms with van der Waals surface area (Å²) >= 11 is 0. The Kier molecular flexibility index (Phi) is 7.74. The summed E-state index contributed by atoms with van der Waals surface area (Å²) in [5.41, 5.74) is 2.25. The Balaban J connectivity index is 2.06. The molecule has 3 amide bonds. The van der Waals surface area contributed by atoms with Crippen molar-refractivity contribution in [2.45, 2.75) is 58.4 Å². The van der Waals surface area contributed by atoms with Crippen LogP contribution in [0.25, 0.3) is 0 Å². The number of benzene rings is 2. The molecule has 176 valence electrons. The molecule has 2 aromatic rings. The standard InChI is InChI=1S/C26H33N3O4/c1-18-9-8-10-19(2)24(18)28-25(32)26(15-6-5-7-16-26)29(23(31)17-27-20(3)30)21-11-13-22(33-4)14-12-21/h8-14H,5-7,15-17H2,1-4H3,(H,27,30)(H,28,32). The molecule has 1 saturated carbocycles. The molecule has 0 unspecified atom stereocenters. The van der Waals surface area contributed by atoms with E-state index in [9.17, 15) is 14.4 Å². The average molecular weight is 452 g/mol. The lowest BCUT2D eigenvalue weighted by Crippen LogP contribution is -2.62. The van der Waals surface area contributed by atoms with E-state index in [0.717, 1.165) is 36.1 Å². The number of carbonyl (C=O) groups excluding carboxylic acids is 3. The molecule has 0 atom stereocenters. The monoisotopic (exact) mass is 451 g/mol. The average Bonchev–Trinajstić information content (AvgIpc) is 2.81. The first-order valence-corrected chi connectivity index (χ1v) is 11.4. The Morgan fingerprint density at radius 3 is 2.12 bits per heavy atom. The van der Waals surface area contributed by atoms with Crippen molar-refractivity contribution >= 4 is 29.1 Å². The summed E-state index contributed by atoms with van der Waals surface area (Å²) in [5, 5.41) is 5.73. The molecular formula is C26H33N3O4. The molecule has 0 saturated heterocycles. The molecule has 2 aromatic carbocycles. The Morgan fingerprint density at radius 2 is 1.58 bits per heavy atom. The topological polar surface area (TPSA) is 87.7 Å². The van der Waals surface area contributed by atoms with E-state index < -0.39 is 5.54 Å². The van der Waals surface area contributed by atoms with Crippen LogP contribution in [-0.2, 0) is 14.4 Å². The highest BCUT2D eigenvalue weighted by molar-refractivity contribution is 6.09. The number of aryl methyl sites for hydroxylation is 2. The number of methoxy groups -OCH3 is 1. The molecule has 0 spiro atoms. The number of ether oxygens (including phenoxy) is 1. The quantitative estimate of drug-likeness (QED) is 0.663. The maximum absolute atomic E-state index is 14.0. The molecule has 0 bridgehead atoms. The van der Waals surface area contributed by atoms with E-state index in [4.69, 9.17) is 4.74 Å². The maximum atomic E-state index is 14.0. The van der Waals surface area contributed by atoms with Crippen LogP contribution in [0.2, 0.25) is 0 Å². The van der Waals surface area contributed by atoms with Gasteiger partial charge in [-0.2, -0.15) is 0 Å². The van der Waals surface area contributed by atoms with Gasteiger partial charge in [-0.05, 0) is 62.1 Å². The van der Waals surface area contributed by atoms with E-state index in [1.54, 1.807) is 36.3 Å². The second-order valence-electron chi connectivity index (χ2n) is 8.65. The van der Waals surface area contributed by atoms with Crippen LogP contribution in [0.15, 0.2) is 42.5 Å². The minimum Gasteiger partial charge on any atom is -0.497 e. The number of nitrogens with one attached hydrogen (secondary N) is 2. The van der Waals surface area contributed by atoms with Crippen molar-refractivity contribution in [2.75, 3.05) is 23.9 Å². The second kappa shape index (κ2) is 10.5. The van der Waals surface area contributed by atoms with E-state index in [1.807, 2.05) is 32.0 Å². The third-order valence-electron chi connectivity index (χ3n) is 6.32. The molecule has 1 aliphatic rings. The lowest BCUT2D eigenvalue weighted by molar-refractivity contribution is -0.128. The third-order valence-corrected chi connectivity index (χ3v) is 6.32. The SMILES string of the molecule is COc1ccc(N(C(=O)CNC(C)=O)C2(C(=O)Nc3c(C)cccc3C)CCCCC2)cc1. The van der Waals surface area contributed by atoms with Crippen LogP contribution in [0.5, 0.6) is 5.75 Å². The van der Waals surface area contributed by atoms with Gasteiger partial charge < -0.3 is 15.4 Å². The van der Waals surface area contributed by atoms with Crippen molar-refractivity contribution in [2.24, 2.45) is 0 Å². The minimum atomic E-state index is -1.06. The molecule has 0 aliphatic heterocycles. The van der Waals surface area contributed by atoms with Gasteiger partial charge in [-0.3, -0.25) is 19.3 Å². The molecule has 3 rings (SSSR count). The normalized spacial score (nSPS) is 14.8. The number of nitrogens with zero attached hydrogens (tertiary/aromatic N) is 1. The Morgan fingerprint density at radius 1 is 0.970 bits per heavy atom. The number of anilines is 2. The predicted octanol–water partition coefficient (Wildman–Crippen LogP) is 4.12. The summed E-state index contributed by atoms with van der Waals surface area (Å²) < 4.78 is 5.27. The molecule has 1 fully saturated rings. The number of para-hydroxylation sites is 1. The van der Waals surface area contributed by atoms with Crippen LogP contribution in [0, 0.1) is 13.8 Å². The molecule has 1 aliphatic carbocycles. The van der Waals surface area contributed by atoms with E-state index in [0.29, 0.717) is 24.3 Å². The van der Waals surface area contributed by atoms with E-state index in [-0.39, 0.29) is 24.3 Å². The zero-order chi connectivity index (χ0) is 24.0. The number of hydrogen-bond donors (Lipinski definition) is 2. The zero-order valence-corrected chi connectivity index (χ0v) is 19.9. The lowest BCUT2D eigenvalue weighted by Gasteiger charge is -2.45. The second-order valence-corrected chi connectivity index (χ2v) is 8.65. The van der Waals surface area contributed by atoms with Crippen LogP contribution < -0.4 is 20.3 Å². The highest BCUT2D eigenvalue weighted by Gasteiger charge is 2.48. The van der Waals surface area contributed by atoms with Gasteiger partial charge in [0.25, 0.3) is 5.91 Å². The van der Waals surface area contributed by atoms with Crippen molar-refractivity contribution in [3.63, 3.8) is 0 Å². The van der Waals surface area contributed by atoms with Gasteiger partial charge in [-0.25, -0.2) is 0 Å². The fourth-order valence-electron chi connectivity index (χ4n) is 4.57. The van der Waals surface area contributed by atoms with E-state index >= 15 is 0 Å². The van der Waals surface area contributed by atoms with Crippen LogP contribution in [0.3, 0.4) is 0 Å². The number of carbonyl (C=O) groups is 3. The molecular weight excluding hydrogens is 418 g/mol. The zero-order valence-electron chi connectivity index (χ0n) is 19.9. The highest BCUT2D eigenvalue weighted by atomic mass is 16.5. The van der Waals surface area contributed by atoms with Gasteiger partial charge >= 0.3 is 0 Å². The summed E-state index contributed by atoms with van der Waals surface area (Å²) in [6, 6.07) is 13.0. The van der Waals surface area contributed by atoms with Crippen LogP contribution in [-0.4, -0.2) is 36.9 Å². The third kappa shape index (κ3) is 5.35. The Hall–Kier alpha value is -3.35. The minimum absolute atomic E-state index is 0.181. The first-order chi connectivity index (χ1) is 15.8. The molecule has 2 N–H and O–H groups in total. The Bertz CT molecular complexity index is 990. The maximum Gasteiger partial charge on any atom is 0.250 e. The molecule has 0 aromatic heterocycles. The summed E-state index contributed by atoms with van der Waals surface area (Å²) in [4.78, 5) is 40.6. The molecule has 33 heavy (non-hydrogen) atoms. The fourth-order valence-corrected chi connectivity index (χ4v) is 4.57. The first-order valence-electron chi connectivity index (χ1n) is 11.4. The van der Waals surface area contributed by atoms with Crippen molar-refractivity contribution in [3.8, 4) is 5.75 Å². The molecule has 7 heteroatoms. The highest BCUT2D eigenvalue weighted by Crippen LogP contribution is 2.39. The van der Waals surface area contributed by atoms with Gasteiger partial charge in [0.2, 0.25) is 11.8 Å². The van der Waals surface area contributed by atoms with Gasteiger partial charge in [0.05, 0.1) is 13.7 Å². The van der Waals surface area contributed by atoms with Gasteiger partial charge in [0.1, 0.15) is 11.3 Å². The van der Waals surface area contributed by atoms with Crippen LogP contribution >= 0.6 is 0 Å². The van der Waals surface area contributed by atoms with Gasteiger partial charge in [-0.1, -0.05) is 37.5 Å². The number of amides is 3. The summed E-state index contributed by atoms with van der Waals surface area (Å²) in [5.74, 6) is -0.165. The number of hydrogen-bond acceptors (Lipinski definition) is 4. The predicted molar refractivity (Wildman–Crippen MR) is 130 cm³/mol. The molecule has 0 radical (unpaired) electrons. The molecule has 7 nitrogen and oxygen atoms in total. The fraction of sp³-hybridized carbons (Fsp3) is 0.423. The lowest BCUT2D eigenvalue weighted by atomic mass is 9.78. The van der Waals surface area contributed by atoms with Crippen LogP contribution in [0.1, 0.15) is 50.2 Å². The Labute approximate surface area is 195 Å². The van der Waals surface area contributed by atoms with Crippen molar-refractivity contribution in [1.82, 2.24) is 5.32 Å². The first kappa shape index (κ1) is 24.3. The van der Waals surface area contributed by atoms with Gasteiger partial charge in [-0.15, -0.1) is 0 Å². The summed E-state index contributed by atoms with van der Waals surface area (Å²) in [6.45, 7) is 5.10. The van der Waals surface area contributed by atoms with E-state index in [1.165, 1.54) is 6.92 Å². The molecule has 0 heterocycles. The van der Waals surface area contributed by atoms with Crippen LogP contribution in [0.4, 0.5) is 11.4 Å². The number of rotatable bonds is 7. The van der Waals surface area contributed by atoms with E-state index in [2.05, 4.69) is 10.6 Å². The van der Waals surface area contributed by atoms with Crippen molar-refractivity contribution in [3.05, 3.63) is 53.6 Å².